The number of halogens is 2. The van der Waals surface area contributed by atoms with Gasteiger partial charge in [-0.05, 0) is 19.9 Å². The molecule has 0 saturated heterocycles. The molecule has 3 heteroatoms. The fraction of sp³-hybridized carbons (Fsp3) is 0.800. The van der Waals surface area contributed by atoms with Gasteiger partial charge in [-0.15, -0.1) is 0 Å². The number of likely N-dealkylation sites (N-methyl/N-ethyl adjacent to an activating group) is 1. The summed E-state index contributed by atoms with van der Waals surface area (Å²) in [7, 11) is 0. The van der Waals surface area contributed by atoms with Crippen molar-refractivity contribution in [2.24, 2.45) is 0 Å². The van der Waals surface area contributed by atoms with E-state index < -0.39 is 6.43 Å². The van der Waals surface area contributed by atoms with Crippen LogP contribution in [0.15, 0.2) is 11.6 Å². The molecule has 0 N–H and O–H groups in total. The third-order valence-corrected chi connectivity index (χ3v) is 2.10. The van der Waals surface area contributed by atoms with Crippen LogP contribution in [-0.4, -0.2) is 31.0 Å². The van der Waals surface area contributed by atoms with Gasteiger partial charge in [0.05, 0.1) is 6.54 Å². The maximum Gasteiger partial charge on any atom is 0.251 e. The fourth-order valence-corrected chi connectivity index (χ4v) is 0.957. The molecule has 78 valence electrons. The number of allylic oxidation sites excluding steroid dienone is 1. The maximum atomic E-state index is 12.0. The number of nitrogens with zero attached hydrogens (tertiary/aromatic N) is 1. The van der Waals surface area contributed by atoms with E-state index in [-0.39, 0.29) is 6.54 Å². The van der Waals surface area contributed by atoms with E-state index in [9.17, 15) is 8.78 Å². The van der Waals surface area contributed by atoms with Crippen LogP contribution in [-0.2, 0) is 0 Å². The van der Waals surface area contributed by atoms with Gasteiger partial charge in [-0.1, -0.05) is 25.5 Å². The van der Waals surface area contributed by atoms with Gasteiger partial charge in [-0.3, -0.25) is 4.90 Å². The number of hydrogen-bond acceptors (Lipinski definition) is 1. The van der Waals surface area contributed by atoms with E-state index in [0.717, 1.165) is 6.42 Å². The average molecular weight is 191 g/mol. The van der Waals surface area contributed by atoms with Gasteiger partial charge in [0.1, 0.15) is 0 Å². The molecular formula is C10H19F2N. The van der Waals surface area contributed by atoms with Crippen molar-refractivity contribution in [3.63, 3.8) is 0 Å². The second-order valence-corrected chi connectivity index (χ2v) is 3.15. The summed E-state index contributed by atoms with van der Waals surface area (Å²) >= 11 is 0. The predicted molar refractivity (Wildman–Crippen MR) is 52.2 cm³/mol. The molecule has 0 aromatic heterocycles. The molecule has 0 spiro atoms. The molecule has 0 aromatic rings. The van der Waals surface area contributed by atoms with Crippen LogP contribution in [0.5, 0.6) is 0 Å². The van der Waals surface area contributed by atoms with Gasteiger partial charge in [0, 0.05) is 6.54 Å². The summed E-state index contributed by atoms with van der Waals surface area (Å²) in [6.07, 6.45) is 0.785. The van der Waals surface area contributed by atoms with Gasteiger partial charge in [-0.2, -0.15) is 0 Å². The molecule has 0 aliphatic rings. The summed E-state index contributed by atoms with van der Waals surface area (Å²) in [6, 6.07) is 0. The summed E-state index contributed by atoms with van der Waals surface area (Å²) < 4.78 is 24.0. The van der Waals surface area contributed by atoms with E-state index in [1.807, 2.05) is 19.9 Å². The highest BCUT2D eigenvalue weighted by molar-refractivity contribution is 4.98. The van der Waals surface area contributed by atoms with Crippen molar-refractivity contribution in [3.8, 4) is 0 Å². The fourth-order valence-electron chi connectivity index (χ4n) is 0.957. The van der Waals surface area contributed by atoms with Crippen LogP contribution in [0.3, 0.4) is 0 Å². The average Bonchev–Trinajstić information content (AvgIpc) is 2.10. The minimum absolute atomic E-state index is 0.121. The van der Waals surface area contributed by atoms with E-state index in [1.54, 1.807) is 4.90 Å². The van der Waals surface area contributed by atoms with Crippen LogP contribution >= 0.6 is 0 Å². The Morgan fingerprint density at radius 2 is 2.00 bits per heavy atom. The molecule has 1 nitrogen and oxygen atoms in total. The van der Waals surface area contributed by atoms with Crippen molar-refractivity contribution in [1.29, 1.82) is 0 Å². The Morgan fingerprint density at radius 1 is 1.38 bits per heavy atom. The molecule has 0 radical (unpaired) electrons. The minimum Gasteiger partial charge on any atom is -0.294 e. The highest BCUT2D eigenvalue weighted by Crippen LogP contribution is 2.01. The summed E-state index contributed by atoms with van der Waals surface area (Å²) in [5.41, 5.74) is 1.26. The molecular weight excluding hydrogens is 172 g/mol. The van der Waals surface area contributed by atoms with Gasteiger partial charge in [-0.25, -0.2) is 8.78 Å². The van der Waals surface area contributed by atoms with Crippen LogP contribution in [0, 0.1) is 0 Å². The van der Waals surface area contributed by atoms with Gasteiger partial charge >= 0.3 is 0 Å². The van der Waals surface area contributed by atoms with Crippen LogP contribution in [0.4, 0.5) is 8.78 Å². The largest absolute Gasteiger partial charge is 0.294 e. The zero-order chi connectivity index (χ0) is 10.3. The van der Waals surface area contributed by atoms with Crippen LogP contribution < -0.4 is 0 Å². The first-order valence-electron chi connectivity index (χ1n) is 4.76. The summed E-state index contributed by atoms with van der Waals surface area (Å²) in [6.45, 7) is 7.19. The highest BCUT2D eigenvalue weighted by Gasteiger charge is 2.08. The van der Waals surface area contributed by atoms with E-state index >= 15 is 0 Å². The monoisotopic (exact) mass is 191 g/mol. The molecule has 0 rings (SSSR count). The molecule has 0 atom stereocenters. The van der Waals surface area contributed by atoms with E-state index in [1.165, 1.54) is 5.57 Å². The van der Waals surface area contributed by atoms with Gasteiger partial charge in [0.15, 0.2) is 0 Å². The molecule has 0 aromatic carbocycles. The van der Waals surface area contributed by atoms with Crippen LogP contribution in [0.2, 0.25) is 0 Å². The summed E-state index contributed by atoms with van der Waals surface area (Å²) in [5.74, 6) is 0. The Bertz CT molecular complexity index is 155. The van der Waals surface area contributed by atoms with Gasteiger partial charge < -0.3 is 0 Å². The first-order valence-corrected chi connectivity index (χ1v) is 4.76. The van der Waals surface area contributed by atoms with Crippen molar-refractivity contribution >= 4 is 0 Å². The molecule has 0 heterocycles. The normalized spacial score (nSPS) is 13.0. The highest BCUT2D eigenvalue weighted by atomic mass is 19.3. The van der Waals surface area contributed by atoms with Crippen molar-refractivity contribution in [3.05, 3.63) is 11.6 Å². The molecule has 0 fully saturated rings. The summed E-state index contributed by atoms with van der Waals surface area (Å²) in [5, 5.41) is 0. The minimum atomic E-state index is -2.23. The zero-order valence-electron chi connectivity index (χ0n) is 8.69. The Morgan fingerprint density at radius 3 is 2.38 bits per heavy atom. The predicted octanol–water partition coefficient (Wildman–Crippen LogP) is 2.93. The molecule has 0 aliphatic heterocycles. The lowest BCUT2D eigenvalue weighted by atomic mass is 10.2. The lowest BCUT2D eigenvalue weighted by Gasteiger charge is -2.17. The summed E-state index contributed by atoms with van der Waals surface area (Å²) in [4.78, 5) is 1.74. The van der Waals surface area contributed by atoms with Crippen molar-refractivity contribution in [1.82, 2.24) is 4.90 Å². The van der Waals surface area contributed by atoms with Crippen LogP contribution in [0.1, 0.15) is 27.2 Å². The lowest BCUT2D eigenvalue weighted by Crippen LogP contribution is -2.28. The third-order valence-electron chi connectivity index (χ3n) is 2.10. The molecule has 0 amide bonds. The molecule has 0 bridgehead atoms. The molecule has 0 unspecified atom stereocenters. The maximum absolute atomic E-state index is 12.0. The quantitative estimate of drug-likeness (QED) is 0.583. The van der Waals surface area contributed by atoms with E-state index in [0.29, 0.717) is 13.1 Å². The smallest absolute Gasteiger partial charge is 0.251 e. The second kappa shape index (κ2) is 7.01. The molecule has 13 heavy (non-hydrogen) atoms. The lowest BCUT2D eigenvalue weighted by molar-refractivity contribution is 0.0962. The van der Waals surface area contributed by atoms with Crippen molar-refractivity contribution in [2.75, 3.05) is 19.6 Å². The van der Waals surface area contributed by atoms with E-state index in [2.05, 4.69) is 6.92 Å². The third kappa shape index (κ3) is 6.70. The van der Waals surface area contributed by atoms with Gasteiger partial charge in [0.25, 0.3) is 6.43 Å². The van der Waals surface area contributed by atoms with Crippen molar-refractivity contribution in [2.45, 2.75) is 33.6 Å². The number of rotatable bonds is 6. The Labute approximate surface area is 79.4 Å². The zero-order valence-corrected chi connectivity index (χ0v) is 8.69. The first kappa shape index (κ1) is 12.6. The number of alkyl halides is 2. The van der Waals surface area contributed by atoms with E-state index in [4.69, 9.17) is 0 Å². The Balaban J connectivity index is 3.84. The van der Waals surface area contributed by atoms with Gasteiger partial charge in [0.2, 0.25) is 0 Å². The second-order valence-electron chi connectivity index (χ2n) is 3.15. The topological polar surface area (TPSA) is 3.24 Å². The van der Waals surface area contributed by atoms with Crippen molar-refractivity contribution < 1.29 is 8.78 Å². The Kier molecular flexibility index (Phi) is 6.77. The van der Waals surface area contributed by atoms with Crippen LogP contribution in [0.25, 0.3) is 0 Å². The first-order chi connectivity index (χ1) is 6.10. The molecule has 0 saturated carbocycles. The molecule has 0 aliphatic carbocycles. The SMILES string of the molecule is CC/C(C)=C\CN(CC)CC(F)F. The Hall–Kier alpha value is -0.440. The standard InChI is InChI=1S/C10H19F2N/c1-4-9(3)6-7-13(5-2)8-10(11)12/h6,10H,4-5,7-8H2,1-3H3/b9-6-. The number of hydrogen-bond donors (Lipinski definition) is 0.